The van der Waals surface area contributed by atoms with Gasteiger partial charge in [0.1, 0.15) is 4.90 Å². The highest BCUT2D eigenvalue weighted by Crippen LogP contribution is 2.21. The van der Waals surface area contributed by atoms with Gasteiger partial charge in [-0.05, 0) is 48.1 Å². The van der Waals surface area contributed by atoms with Crippen LogP contribution in [0.4, 0.5) is 4.39 Å². The monoisotopic (exact) mass is 324 g/mol. The second kappa shape index (κ2) is 6.44. The zero-order valence-electron chi connectivity index (χ0n) is 9.33. The molecule has 96 valence electrons. The van der Waals surface area contributed by atoms with E-state index in [0.717, 1.165) is 0 Å². The Morgan fingerprint density at radius 3 is 2.71 bits per heavy atom. The molecule has 1 aromatic rings. The molecule has 0 radical (unpaired) electrons. The Hall–Kier alpha value is -0.500. The van der Waals surface area contributed by atoms with Gasteiger partial charge >= 0.3 is 0 Å². The van der Waals surface area contributed by atoms with Gasteiger partial charge in [-0.25, -0.2) is 17.5 Å². The van der Waals surface area contributed by atoms with Crippen molar-refractivity contribution >= 4 is 26.0 Å². The molecule has 17 heavy (non-hydrogen) atoms. The Kier molecular flexibility index (Phi) is 5.51. The Morgan fingerprint density at radius 1 is 1.35 bits per heavy atom. The van der Waals surface area contributed by atoms with Crippen molar-refractivity contribution in [3.05, 3.63) is 28.5 Å². The predicted molar refractivity (Wildman–Crippen MR) is 67.8 cm³/mol. The van der Waals surface area contributed by atoms with Crippen molar-refractivity contribution in [3.8, 4) is 0 Å². The SMILES string of the molecule is CNCCCNS(=O)(=O)c1cccc(Br)c1F. The lowest BCUT2D eigenvalue weighted by atomic mass is 10.3. The van der Waals surface area contributed by atoms with Crippen LogP contribution in [-0.4, -0.2) is 28.6 Å². The molecule has 0 bridgehead atoms. The van der Waals surface area contributed by atoms with Crippen LogP contribution in [0.2, 0.25) is 0 Å². The lowest BCUT2D eigenvalue weighted by molar-refractivity contribution is 0.552. The first-order valence-corrected chi connectivity index (χ1v) is 7.35. The van der Waals surface area contributed by atoms with Crippen molar-refractivity contribution in [2.75, 3.05) is 20.1 Å². The van der Waals surface area contributed by atoms with Crippen molar-refractivity contribution in [2.24, 2.45) is 0 Å². The first-order chi connectivity index (χ1) is 7.99. The standard InChI is InChI=1S/C10H14BrFN2O2S/c1-13-6-3-7-14-17(15,16)9-5-2-4-8(11)10(9)12/h2,4-5,13-14H,3,6-7H2,1H3. The molecule has 0 saturated heterocycles. The van der Waals surface area contributed by atoms with Gasteiger partial charge in [-0.15, -0.1) is 0 Å². The fraction of sp³-hybridized carbons (Fsp3) is 0.400. The third-order valence-corrected chi connectivity index (χ3v) is 4.19. The summed E-state index contributed by atoms with van der Waals surface area (Å²) in [6, 6.07) is 4.17. The van der Waals surface area contributed by atoms with E-state index in [4.69, 9.17) is 0 Å². The first-order valence-electron chi connectivity index (χ1n) is 5.07. The highest BCUT2D eigenvalue weighted by Gasteiger charge is 2.19. The molecule has 0 amide bonds. The van der Waals surface area contributed by atoms with Gasteiger partial charge in [0, 0.05) is 6.54 Å². The Labute approximate surface area is 109 Å². The minimum Gasteiger partial charge on any atom is -0.320 e. The topological polar surface area (TPSA) is 58.2 Å². The van der Waals surface area contributed by atoms with E-state index in [1.807, 2.05) is 0 Å². The van der Waals surface area contributed by atoms with Crippen LogP contribution in [-0.2, 0) is 10.0 Å². The maximum absolute atomic E-state index is 13.6. The van der Waals surface area contributed by atoms with Crippen LogP contribution in [0, 0.1) is 5.82 Å². The summed E-state index contributed by atoms with van der Waals surface area (Å²) >= 11 is 2.95. The summed E-state index contributed by atoms with van der Waals surface area (Å²) in [4.78, 5) is -0.337. The lowest BCUT2D eigenvalue weighted by Gasteiger charge is -2.08. The fourth-order valence-corrected chi connectivity index (χ4v) is 2.91. The van der Waals surface area contributed by atoms with E-state index in [1.54, 1.807) is 7.05 Å². The van der Waals surface area contributed by atoms with E-state index in [0.29, 0.717) is 13.0 Å². The number of sulfonamides is 1. The number of hydrogen-bond donors (Lipinski definition) is 2. The Morgan fingerprint density at radius 2 is 2.06 bits per heavy atom. The van der Waals surface area contributed by atoms with Gasteiger partial charge in [0.05, 0.1) is 4.47 Å². The van der Waals surface area contributed by atoms with Gasteiger partial charge in [-0.1, -0.05) is 6.07 Å². The summed E-state index contributed by atoms with van der Waals surface area (Å²) in [5.74, 6) is -0.770. The second-order valence-corrected chi connectivity index (χ2v) is 6.00. The summed E-state index contributed by atoms with van der Waals surface area (Å²) < 4.78 is 39.6. The van der Waals surface area contributed by atoms with Crippen LogP contribution in [0.25, 0.3) is 0 Å². The predicted octanol–water partition coefficient (Wildman–Crippen LogP) is 1.48. The lowest BCUT2D eigenvalue weighted by Crippen LogP contribution is -2.27. The summed E-state index contributed by atoms with van der Waals surface area (Å²) in [6.45, 7) is 0.971. The number of benzene rings is 1. The quantitative estimate of drug-likeness (QED) is 0.779. The molecule has 0 aliphatic heterocycles. The summed E-state index contributed by atoms with van der Waals surface area (Å²) in [5, 5.41) is 2.90. The molecule has 7 heteroatoms. The molecule has 2 N–H and O–H groups in total. The number of halogens is 2. The van der Waals surface area contributed by atoms with Crippen LogP contribution in [0.3, 0.4) is 0 Å². The van der Waals surface area contributed by atoms with Crippen molar-refractivity contribution in [2.45, 2.75) is 11.3 Å². The average Bonchev–Trinajstić information content (AvgIpc) is 2.28. The van der Waals surface area contributed by atoms with E-state index in [2.05, 4.69) is 26.0 Å². The van der Waals surface area contributed by atoms with Gasteiger partial charge in [0.15, 0.2) is 5.82 Å². The highest BCUT2D eigenvalue weighted by molar-refractivity contribution is 9.10. The van der Waals surface area contributed by atoms with E-state index < -0.39 is 15.8 Å². The molecule has 0 fully saturated rings. The average molecular weight is 325 g/mol. The van der Waals surface area contributed by atoms with Crippen molar-refractivity contribution < 1.29 is 12.8 Å². The summed E-state index contributed by atoms with van der Waals surface area (Å²) in [7, 11) is -2.00. The van der Waals surface area contributed by atoms with E-state index >= 15 is 0 Å². The molecule has 0 aromatic heterocycles. The Balaban J connectivity index is 2.79. The van der Waals surface area contributed by atoms with E-state index in [-0.39, 0.29) is 15.9 Å². The molecule has 1 aromatic carbocycles. The van der Waals surface area contributed by atoms with Crippen LogP contribution < -0.4 is 10.0 Å². The van der Waals surface area contributed by atoms with Crippen molar-refractivity contribution in [3.63, 3.8) is 0 Å². The molecule has 4 nitrogen and oxygen atoms in total. The van der Waals surface area contributed by atoms with Crippen molar-refractivity contribution in [1.82, 2.24) is 10.0 Å². The molecular formula is C10H14BrFN2O2S. The zero-order chi connectivity index (χ0) is 12.9. The van der Waals surface area contributed by atoms with Crippen LogP contribution >= 0.6 is 15.9 Å². The third kappa shape index (κ3) is 4.02. The van der Waals surface area contributed by atoms with E-state index in [9.17, 15) is 12.8 Å². The van der Waals surface area contributed by atoms with Crippen molar-refractivity contribution in [1.29, 1.82) is 0 Å². The molecule has 0 heterocycles. The summed E-state index contributed by atoms with van der Waals surface area (Å²) in [5.41, 5.74) is 0. The highest BCUT2D eigenvalue weighted by atomic mass is 79.9. The van der Waals surface area contributed by atoms with Gasteiger partial charge in [0.2, 0.25) is 10.0 Å². The number of nitrogens with one attached hydrogen (secondary N) is 2. The minimum absolute atomic E-state index is 0.135. The largest absolute Gasteiger partial charge is 0.320 e. The molecule has 0 unspecified atom stereocenters. The van der Waals surface area contributed by atoms with Crippen LogP contribution in [0.15, 0.2) is 27.6 Å². The second-order valence-electron chi connectivity index (χ2n) is 3.41. The summed E-state index contributed by atoms with van der Waals surface area (Å²) in [6.07, 6.45) is 0.644. The first kappa shape index (κ1) is 14.6. The molecule has 0 atom stereocenters. The number of hydrogen-bond acceptors (Lipinski definition) is 3. The van der Waals surface area contributed by atoms with Gasteiger partial charge in [-0.2, -0.15) is 0 Å². The molecule has 0 saturated carbocycles. The zero-order valence-corrected chi connectivity index (χ0v) is 11.7. The molecule has 1 rings (SSSR count). The molecule has 0 spiro atoms. The Bertz CT molecular complexity index is 479. The third-order valence-electron chi connectivity index (χ3n) is 2.10. The van der Waals surface area contributed by atoms with Gasteiger partial charge < -0.3 is 5.32 Å². The van der Waals surface area contributed by atoms with Gasteiger partial charge in [-0.3, -0.25) is 0 Å². The minimum atomic E-state index is -3.78. The smallest absolute Gasteiger partial charge is 0.243 e. The van der Waals surface area contributed by atoms with Crippen LogP contribution in [0.5, 0.6) is 0 Å². The molecule has 0 aliphatic rings. The molecular weight excluding hydrogens is 311 g/mol. The normalized spacial score (nSPS) is 11.7. The van der Waals surface area contributed by atoms with E-state index in [1.165, 1.54) is 18.2 Å². The fourth-order valence-electron chi connectivity index (χ4n) is 1.24. The van der Waals surface area contributed by atoms with Crippen LogP contribution in [0.1, 0.15) is 6.42 Å². The van der Waals surface area contributed by atoms with Gasteiger partial charge in [0.25, 0.3) is 0 Å². The maximum Gasteiger partial charge on any atom is 0.243 e. The number of rotatable bonds is 6. The maximum atomic E-state index is 13.6. The molecule has 0 aliphatic carbocycles.